The van der Waals surface area contributed by atoms with Crippen molar-refractivity contribution in [2.45, 2.75) is 50.6 Å². The SMILES string of the molecule is CCc1ccc2c(c1)C(NC[C@H](O)[C@H](Cc1ccccc1)NC(C)=O)CS(O)(O)C2. The quantitative estimate of drug-likeness (QED) is 0.441. The van der Waals surface area contributed by atoms with Gasteiger partial charge in [0.2, 0.25) is 5.91 Å². The maximum absolute atomic E-state index is 11.7. The standard InChI is InChI=1S/C23H32N2O4S/c1-3-17-9-10-19-14-30(28,29)15-22(20(19)11-17)24-13-23(27)21(25-16(2)26)12-18-7-5-4-6-8-18/h4-11,21-24,27-29H,3,12-15H2,1-2H3,(H,25,26)/t21-,22?,23-/m0/s1. The fourth-order valence-corrected chi connectivity index (χ4v) is 5.68. The lowest BCUT2D eigenvalue weighted by molar-refractivity contribution is -0.120. The van der Waals surface area contributed by atoms with Gasteiger partial charge in [0, 0.05) is 13.5 Å². The molecule has 0 spiro atoms. The van der Waals surface area contributed by atoms with E-state index in [1.807, 2.05) is 42.5 Å². The average Bonchev–Trinajstić information content (AvgIpc) is 2.70. The molecule has 1 aliphatic heterocycles. The Morgan fingerprint density at radius 1 is 1.17 bits per heavy atom. The fraction of sp³-hybridized carbons (Fsp3) is 0.435. The molecule has 0 bridgehead atoms. The molecule has 5 N–H and O–H groups in total. The molecule has 0 fully saturated rings. The highest BCUT2D eigenvalue weighted by atomic mass is 32.3. The van der Waals surface area contributed by atoms with Crippen molar-refractivity contribution >= 4 is 16.5 Å². The largest absolute Gasteiger partial charge is 0.390 e. The number of rotatable bonds is 8. The summed E-state index contributed by atoms with van der Waals surface area (Å²) in [5.41, 5.74) is 4.22. The minimum absolute atomic E-state index is 0.195. The number of aliphatic hydroxyl groups is 1. The van der Waals surface area contributed by atoms with Gasteiger partial charge in [0.1, 0.15) is 0 Å². The minimum atomic E-state index is -2.71. The van der Waals surface area contributed by atoms with E-state index >= 15 is 0 Å². The molecule has 3 rings (SSSR count). The predicted octanol–water partition coefficient (Wildman–Crippen LogP) is 3.25. The zero-order valence-corrected chi connectivity index (χ0v) is 18.4. The summed E-state index contributed by atoms with van der Waals surface area (Å²) in [6.07, 6.45) is 0.593. The molecule has 2 aromatic carbocycles. The van der Waals surface area contributed by atoms with Gasteiger partial charge in [0.05, 0.1) is 29.7 Å². The zero-order valence-electron chi connectivity index (χ0n) is 17.5. The molecule has 7 heteroatoms. The van der Waals surface area contributed by atoms with Gasteiger partial charge in [0.15, 0.2) is 0 Å². The second-order valence-corrected chi connectivity index (χ2v) is 10.3. The fourth-order valence-electron chi connectivity index (χ4n) is 3.97. The van der Waals surface area contributed by atoms with Crippen molar-refractivity contribution in [3.63, 3.8) is 0 Å². The minimum Gasteiger partial charge on any atom is -0.390 e. The van der Waals surface area contributed by atoms with Gasteiger partial charge in [-0.05, 0) is 35.1 Å². The van der Waals surface area contributed by atoms with Crippen molar-refractivity contribution in [3.8, 4) is 0 Å². The van der Waals surface area contributed by atoms with Crippen LogP contribution < -0.4 is 10.6 Å². The Labute approximate surface area is 180 Å². The highest BCUT2D eigenvalue weighted by Gasteiger charge is 2.31. The summed E-state index contributed by atoms with van der Waals surface area (Å²) in [5, 5.41) is 17.0. The van der Waals surface area contributed by atoms with E-state index in [0.717, 1.165) is 23.1 Å². The van der Waals surface area contributed by atoms with Crippen molar-refractivity contribution in [2.75, 3.05) is 12.3 Å². The highest BCUT2D eigenvalue weighted by molar-refractivity contribution is 8.23. The van der Waals surface area contributed by atoms with E-state index in [0.29, 0.717) is 6.42 Å². The number of amides is 1. The molecule has 164 valence electrons. The van der Waals surface area contributed by atoms with E-state index in [-0.39, 0.29) is 30.0 Å². The summed E-state index contributed by atoms with van der Waals surface area (Å²) in [5.74, 6) is 0.304. The number of carbonyl (C=O) groups excluding carboxylic acids is 1. The molecule has 2 aromatic rings. The maximum Gasteiger partial charge on any atom is 0.217 e. The number of hydrogen-bond acceptors (Lipinski definition) is 5. The molecule has 3 atom stereocenters. The number of carbonyl (C=O) groups is 1. The van der Waals surface area contributed by atoms with Gasteiger partial charge < -0.3 is 15.7 Å². The lowest BCUT2D eigenvalue weighted by Gasteiger charge is -2.42. The normalized spacial score (nSPS) is 20.6. The van der Waals surface area contributed by atoms with Crippen molar-refractivity contribution in [1.82, 2.24) is 10.6 Å². The first-order chi connectivity index (χ1) is 14.3. The monoisotopic (exact) mass is 432 g/mol. The van der Waals surface area contributed by atoms with Gasteiger partial charge in [-0.1, -0.05) is 55.5 Å². The Morgan fingerprint density at radius 2 is 1.90 bits per heavy atom. The van der Waals surface area contributed by atoms with E-state index in [2.05, 4.69) is 23.6 Å². The van der Waals surface area contributed by atoms with Crippen molar-refractivity contribution < 1.29 is 19.0 Å². The third kappa shape index (κ3) is 6.06. The van der Waals surface area contributed by atoms with Crippen LogP contribution in [0.5, 0.6) is 0 Å². The second-order valence-electron chi connectivity index (χ2n) is 8.02. The average molecular weight is 433 g/mol. The lowest BCUT2D eigenvalue weighted by atomic mass is 9.97. The van der Waals surface area contributed by atoms with Crippen molar-refractivity contribution in [1.29, 1.82) is 0 Å². The predicted molar refractivity (Wildman–Crippen MR) is 122 cm³/mol. The molecule has 0 aliphatic carbocycles. The number of aliphatic hydroxyl groups excluding tert-OH is 1. The molecule has 30 heavy (non-hydrogen) atoms. The number of fused-ring (bicyclic) bond motifs is 1. The van der Waals surface area contributed by atoms with Gasteiger partial charge >= 0.3 is 0 Å². The summed E-state index contributed by atoms with van der Waals surface area (Å²) in [6, 6.07) is 15.1. The zero-order chi connectivity index (χ0) is 21.7. The smallest absolute Gasteiger partial charge is 0.217 e. The van der Waals surface area contributed by atoms with Crippen molar-refractivity contribution in [2.24, 2.45) is 0 Å². The summed E-state index contributed by atoms with van der Waals surface area (Å²) in [7, 11) is -2.71. The second kappa shape index (κ2) is 9.94. The van der Waals surface area contributed by atoms with E-state index in [9.17, 15) is 19.0 Å². The first-order valence-electron chi connectivity index (χ1n) is 10.3. The van der Waals surface area contributed by atoms with Gasteiger partial charge in [-0.3, -0.25) is 13.9 Å². The Kier molecular flexibility index (Phi) is 7.55. The molecular formula is C23H32N2O4S. The Hall–Kier alpha value is -1.90. The number of hydrogen-bond donors (Lipinski definition) is 5. The number of benzene rings is 2. The molecule has 1 unspecified atom stereocenters. The van der Waals surface area contributed by atoms with E-state index < -0.39 is 22.7 Å². The van der Waals surface area contributed by atoms with E-state index in [4.69, 9.17) is 0 Å². The third-order valence-corrected chi connectivity index (χ3v) is 7.18. The summed E-state index contributed by atoms with van der Waals surface area (Å²) in [6.45, 7) is 3.76. The highest BCUT2D eigenvalue weighted by Crippen LogP contribution is 2.50. The van der Waals surface area contributed by atoms with Crippen LogP contribution in [0.25, 0.3) is 0 Å². The van der Waals surface area contributed by atoms with Crippen molar-refractivity contribution in [3.05, 3.63) is 70.8 Å². The summed E-state index contributed by atoms with van der Waals surface area (Å²) >= 11 is 0. The number of nitrogens with one attached hydrogen (secondary N) is 2. The van der Waals surface area contributed by atoms with Gasteiger partial charge in [0.25, 0.3) is 0 Å². The van der Waals surface area contributed by atoms with Crippen LogP contribution in [0.15, 0.2) is 48.5 Å². The van der Waals surface area contributed by atoms with Crippen LogP contribution in [-0.4, -0.2) is 44.6 Å². The molecule has 0 radical (unpaired) electrons. The molecule has 1 aliphatic rings. The van der Waals surface area contributed by atoms with Crippen LogP contribution in [0.3, 0.4) is 0 Å². The van der Waals surface area contributed by atoms with Crippen LogP contribution in [0.4, 0.5) is 0 Å². The van der Waals surface area contributed by atoms with Crippen LogP contribution in [0, 0.1) is 0 Å². The van der Waals surface area contributed by atoms with Crippen LogP contribution in [0.1, 0.15) is 42.1 Å². The molecule has 6 nitrogen and oxygen atoms in total. The number of aryl methyl sites for hydroxylation is 1. The van der Waals surface area contributed by atoms with Crippen LogP contribution in [-0.2, 0) is 23.4 Å². The molecule has 0 aromatic heterocycles. The molecular weight excluding hydrogens is 400 g/mol. The molecule has 0 saturated heterocycles. The Bertz CT molecular complexity index is 860. The van der Waals surface area contributed by atoms with Crippen LogP contribution >= 0.6 is 10.6 Å². The Morgan fingerprint density at radius 3 is 2.57 bits per heavy atom. The first kappa shape index (κ1) is 22.8. The van der Waals surface area contributed by atoms with Gasteiger partial charge in [-0.15, -0.1) is 0 Å². The maximum atomic E-state index is 11.7. The molecule has 1 heterocycles. The summed E-state index contributed by atoms with van der Waals surface area (Å²) < 4.78 is 20.8. The van der Waals surface area contributed by atoms with Crippen LogP contribution in [0.2, 0.25) is 0 Å². The summed E-state index contributed by atoms with van der Waals surface area (Å²) in [4.78, 5) is 11.7. The van der Waals surface area contributed by atoms with Gasteiger partial charge in [-0.25, -0.2) is 0 Å². The van der Waals surface area contributed by atoms with E-state index in [1.54, 1.807) is 0 Å². The van der Waals surface area contributed by atoms with E-state index in [1.165, 1.54) is 12.5 Å². The Balaban J connectivity index is 1.72. The molecule has 1 amide bonds. The first-order valence-corrected chi connectivity index (χ1v) is 12.2. The van der Waals surface area contributed by atoms with Gasteiger partial charge in [-0.2, -0.15) is 10.6 Å². The lowest BCUT2D eigenvalue weighted by Crippen LogP contribution is -2.49. The molecule has 0 saturated carbocycles. The topological polar surface area (TPSA) is 102 Å². The third-order valence-electron chi connectivity index (χ3n) is 5.54.